The van der Waals surface area contributed by atoms with E-state index in [1.807, 2.05) is 0 Å². The zero-order valence-corrected chi connectivity index (χ0v) is 40.6. The van der Waals surface area contributed by atoms with Gasteiger partial charge in [-0.1, -0.05) is 205 Å². The maximum absolute atomic E-state index is 2.51. The number of hydrogen-bond donors (Lipinski definition) is 0. The number of rotatable bonds is 8. The van der Waals surface area contributed by atoms with Gasteiger partial charge in [0.15, 0.2) is 0 Å². The molecule has 2 heteroatoms. The van der Waals surface area contributed by atoms with Crippen molar-refractivity contribution in [1.29, 1.82) is 0 Å². The van der Waals surface area contributed by atoms with Crippen LogP contribution >= 0.6 is 0 Å². The van der Waals surface area contributed by atoms with Crippen LogP contribution in [0.15, 0.2) is 255 Å². The number of fused-ring (bicyclic) bond motifs is 3. The third-order valence-electron chi connectivity index (χ3n) is 16.1. The van der Waals surface area contributed by atoms with Gasteiger partial charge in [-0.15, -0.1) is 0 Å². The molecular formula is C71H48N2. The van der Waals surface area contributed by atoms with Gasteiger partial charge in [0.2, 0.25) is 0 Å². The van der Waals surface area contributed by atoms with E-state index in [9.17, 15) is 0 Å². The lowest BCUT2D eigenvalue weighted by Crippen LogP contribution is -2.29. The Hall–Kier alpha value is -9.24. The minimum atomic E-state index is -0.685. The van der Waals surface area contributed by atoms with E-state index in [-0.39, 0.29) is 0 Å². The van der Waals surface area contributed by atoms with Crippen molar-refractivity contribution in [3.63, 3.8) is 0 Å². The van der Waals surface area contributed by atoms with E-state index in [2.05, 4.69) is 278 Å². The van der Waals surface area contributed by atoms with Gasteiger partial charge in [0.05, 0.1) is 16.8 Å². The Labute approximate surface area is 424 Å². The molecule has 342 valence electrons. The first kappa shape index (κ1) is 41.5. The molecule has 0 saturated heterocycles. The molecule has 0 unspecified atom stereocenters. The highest BCUT2D eigenvalue weighted by atomic mass is 15.2. The van der Waals surface area contributed by atoms with Crippen molar-refractivity contribution < 1.29 is 0 Å². The standard InChI is InChI=1S/C71H48N2/c1-45-25-33-55(34-26-45)72(65-41-51-17-9-13-47-29-31-49-15-11-23-61(65)69(49)67(47)51)57-37-39-59-60-40-38-58(44-64(60)71(63(59)43-57,53-19-5-3-6-20-53)54-21-7-4-8-22-54)73(56-35-27-46(2)28-36-56)66-42-52-18-10-14-48-30-32-50-16-12-24-62(66)70(50)68(48)52/h3-44H,1-2H3. The average molecular weight is 929 g/mol. The van der Waals surface area contributed by atoms with Gasteiger partial charge in [-0.3, -0.25) is 0 Å². The Bertz CT molecular complexity index is 4150. The molecule has 0 bridgehead atoms. The topological polar surface area (TPSA) is 6.48 Å². The summed E-state index contributed by atoms with van der Waals surface area (Å²) in [4.78, 5) is 5.01. The van der Waals surface area contributed by atoms with Crippen molar-refractivity contribution in [2.45, 2.75) is 19.3 Å². The van der Waals surface area contributed by atoms with Gasteiger partial charge in [-0.2, -0.15) is 0 Å². The van der Waals surface area contributed by atoms with Crippen LogP contribution in [0.4, 0.5) is 34.1 Å². The van der Waals surface area contributed by atoms with Gasteiger partial charge in [-0.25, -0.2) is 0 Å². The van der Waals surface area contributed by atoms with Crippen molar-refractivity contribution in [3.8, 4) is 11.1 Å². The molecule has 0 aliphatic heterocycles. The van der Waals surface area contributed by atoms with Crippen LogP contribution < -0.4 is 9.80 Å². The molecule has 0 radical (unpaired) electrons. The highest BCUT2D eigenvalue weighted by Gasteiger charge is 2.47. The number of anilines is 6. The summed E-state index contributed by atoms with van der Waals surface area (Å²) in [5.74, 6) is 0. The van der Waals surface area contributed by atoms with E-state index in [0.717, 1.165) is 34.1 Å². The van der Waals surface area contributed by atoms with Crippen molar-refractivity contribution in [2.75, 3.05) is 9.80 Å². The average Bonchev–Trinajstić information content (AvgIpc) is 3.74. The summed E-state index contributed by atoms with van der Waals surface area (Å²) in [5.41, 5.74) is 16.0. The van der Waals surface area contributed by atoms with E-state index in [0.29, 0.717) is 0 Å². The van der Waals surface area contributed by atoms with Crippen LogP contribution in [0.2, 0.25) is 0 Å². The number of hydrogen-bond acceptors (Lipinski definition) is 2. The molecule has 1 aliphatic carbocycles. The summed E-state index contributed by atoms with van der Waals surface area (Å²) < 4.78 is 0. The van der Waals surface area contributed by atoms with E-state index in [4.69, 9.17) is 0 Å². The molecule has 14 aromatic carbocycles. The second-order valence-electron chi connectivity index (χ2n) is 20.2. The Balaban J connectivity index is 1.01. The fraction of sp³-hybridized carbons (Fsp3) is 0.0423. The van der Waals surface area contributed by atoms with Crippen LogP contribution in [0, 0.1) is 13.8 Å². The van der Waals surface area contributed by atoms with Gasteiger partial charge in [0.25, 0.3) is 0 Å². The van der Waals surface area contributed by atoms with E-state index in [1.54, 1.807) is 0 Å². The Morgan fingerprint density at radius 3 is 1.04 bits per heavy atom. The van der Waals surface area contributed by atoms with Crippen LogP contribution in [-0.2, 0) is 5.41 Å². The molecule has 0 saturated carbocycles. The van der Waals surface area contributed by atoms with Crippen LogP contribution in [0.25, 0.3) is 75.8 Å². The molecule has 0 atom stereocenters. The molecule has 14 aromatic rings. The summed E-state index contributed by atoms with van der Waals surface area (Å²) in [5, 5.41) is 15.2. The van der Waals surface area contributed by atoms with E-state index in [1.165, 1.54) is 109 Å². The van der Waals surface area contributed by atoms with Crippen LogP contribution in [0.3, 0.4) is 0 Å². The molecule has 73 heavy (non-hydrogen) atoms. The number of benzene rings is 14. The van der Waals surface area contributed by atoms with Gasteiger partial charge in [0, 0.05) is 33.5 Å². The third-order valence-corrected chi connectivity index (χ3v) is 16.1. The zero-order chi connectivity index (χ0) is 48.4. The van der Waals surface area contributed by atoms with Gasteiger partial charge < -0.3 is 9.80 Å². The fourth-order valence-electron chi connectivity index (χ4n) is 12.8. The molecule has 0 aromatic heterocycles. The van der Waals surface area contributed by atoms with Crippen LogP contribution in [0.5, 0.6) is 0 Å². The molecule has 1 aliphatic rings. The van der Waals surface area contributed by atoms with Crippen molar-refractivity contribution in [1.82, 2.24) is 0 Å². The predicted octanol–water partition coefficient (Wildman–Crippen LogP) is 19.4. The monoisotopic (exact) mass is 928 g/mol. The van der Waals surface area contributed by atoms with E-state index >= 15 is 0 Å². The summed E-state index contributed by atoms with van der Waals surface area (Å²) in [6.07, 6.45) is 0. The lowest BCUT2D eigenvalue weighted by Gasteiger charge is -2.36. The Morgan fingerprint density at radius 1 is 0.274 bits per heavy atom. The second-order valence-corrected chi connectivity index (χ2v) is 20.2. The first-order chi connectivity index (χ1) is 36.0. The smallest absolute Gasteiger partial charge is 0.0715 e. The maximum atomic E-state index is 2.51. The van der Waals surface area contributed by atoms with Gasteiger partial charge in [0.1, 0.15) is 0 Å². The normalized spacial score (nSPS) is 12.9. The first-order valence-electron chi connectivity index (χ1n) is 25.5. The predicted molar refractivity (Wildman–Crippen MR) is 310 cm³/mol. The Morgan fingerprint density at radius 2 is 0.630 bits per heavy atom. The lowest BCUT2D eigenvalue weighted by atomic mass is 9.67. The molecule has 0 spiro atoms. The minimum Gasteiger partial charge on any atom is -0.310 e. The zero-order valence-electron chi connectivity index (χ0n) is 40.6. The fourth-order valence-corrected chi connectivity index (χ4v) is 12.8. The Kier molecular flexibility index (Phi) is 9.04. The molecule has 0 amide bonds. The highest BCUT2D eigenvalue weighted by Crippen LogP contribution is 2.59. The van der Waals surface area contributed by atoms with E-state index < -0.39 is 5.41 Å². The molecule has 0 fully saturated rings. The molecule has 0 N–H and O–H groups in total. The summed E-state index contributed by atoms with van der Waals surface area (Å²) in [7, 11) is 0. The highest BCUT2D eigenvalue weighted by molar-refractivity contribution is 6.28. The quantitative estimate of drug-likeness (QED) is 0.140. The maximum Gasteiger partial charge on any atom is 0.0715 e. The van der Waals surface area contributed by atoms with Gasteiger partial charge >= 0.3 is 0 Å². The SMILES string of the molecule is Cc1ccc(N(c2ccc3c(c2)C(c2ccccc2)(c2ccccc2)c2cc(N(c4ccc(C)cc4)c4cc5cccc6ccc7cccc4c7c65)ccc2-3)c2cc3cccc4ccc5cccc2c5c43)cc1. The number of nitrogens with zero attached hydrogens (tertiary/aromatic N) is 2. The third kappa shape index (κ3) is 6.11. The van der Waals surface area contributed by atoms with Gasteiger partial charge in [-0.05, 0) is 162 Å². The summed E-state index contributed by atoms with van der Waals surface area (Å²) >= 11 is 0. The van der Waals surface area contributed by atoms with Crippen molar-refractivity contribution in [2.24, 2.45) is 0 Å². The molecule has 0 heterocycles. The van der Waals surface area contributed by atoms with Crippen molar-refractivity contribution >= 4 is 98.8 Å². The molecular weight excluding hydrogens is 881 g/mol. The second kappa shape index (κ2) is 15.9. The van der Waals surface area contributed by atoms with Crippen LogP contribution in [-0.4, -0.2) is 0 Å². The molecule has 15 rings (SSSR count). The van der Waals surface area contributed by atoms with Crippen molar-refractivity contribution in [3.05, 3.63) is 288 Å². The lowest BCUT2D eigenvalue weighted by molar-refractivity contribution is 0.768. The number of aryl methyl sites for hydroxylation is 2. The largest absolute Gasteiger partial charge is 0.310 e. The summed E-state index contributed by atoms with van der Waals surface area (Å²) in [6.45, 7) is 4.34. The first-order valence-corrected chi connectivity index (χ1v) is 25.5. The van der Waals surface area contributed by atoms with Crippen LogP contribution in [0.1, 0.15) is 33.4 Å². The summed E-state index contributed by atoms with van der Waals surface area (Å²) in [6, 6.07) is 96.0. The molecule has 2 nitrogen and oxygen atoms in total. The minimum absolute atomic E-state index is 0.685.